The average molecular weight is 442 g/mol. The highest BCUT2D eigenvalue weighted by Crippen LogP contribution is 2.20. The number of carbonyl (C=O) groups excluding carboxylic acids is 2. The van der Waals surface area contributed by atoms with Crippen molar-refractivity contribution < 1.29 is 9.59 Å². The lowest BCUT2D eigenvalue weighted by atomic mass is 10.1. The summed E-state index contributed by atoms with van der Waals surface area (Å²) in [6.07, 6.45) is 1.53. The predicted octanol–water partition coefficient (Wildman–Crippen LogP) is 2.51. The molecule has 162 valence electrons. The van der Waals surface area contributed by atoms with Gasteiger partial charge in [0.15, 0.2) is 5.69 Å². The highest BCUT2D eigenvalue weighted by Gasteiger charge is 2.22. The summed E-state index contributed by atoms with van der Waals surface area (Å²) in [7, 11) is 1.41. The number of aromatic nitrogens is 2. The number of nitrogen functional groups attached to an aromatic ring is 1. The van der Waals surface area contributed by atoms with E-state index in [1.54, 1.807) is 35.7 Å². The zero-order valence-electron chi connectivity index (χ0n) is 17.2. The van der Waals surface area contributed by atoms with E-state index in [1.807, 2.05) is 6.92 Å². The third-order valence-corrected chi connectivity index (χ3v) is 5.57. The van der Waals surface area contributed by atoms with Crippen molar-refractivity contribution in [2.75, 3.05) is 23.0 Å². The fourth-order valence-corrected chi connectivity index (χ4v) is 3.68. The van der Waals surface area contributed by atoms with Crippen LogP contribution in [-0.2, 0) is 6.54 Å². The maximum absolute atomic E-state index is 13.0. The van der Waals surface area contributed by atoms with E-state index in [0.29, 0.717) is 23.5 Å². The summed E-state index contributed by atoms with van der Waals surface area (Å²) in [4.78, 5) is 53.7. The van der Waals surface area contributed by atoms with Gasteiger partial charge in [-0.05, 0) is 36.1 Å². The number of rotatable bonds is 7. The minimum Gasteiger partial charge on any atom is -0.383 e. The molecule has 2 amide bonds. The molecule has 0 unspecified atom stereocenters. The maximum Gasteiger partial charge on any atom is 0.330 e. The molecule has 1 aromatic carbocycles. The SMILES string of the molecule is CCCCn1c(N)c(N(C)C(=O)c2cccc(NC(=O)c3cccs3)c2)c(=O)[nH]c1=O. The van der Waals surface area contributed by atoms with E-state index >= 15 is 0 Å². The number of nitrogens with two attached hydrogens (primary N) is 1. The molecule has 31 heavy (non-hydrogen) atoms. The first-order valence-electron chi connectivity index (χ1n) is 9.69. The van der Waals surface area contributed by atoms with E-state index in [-0.39, 0.29) is 23.0 Å². The molecule has 10 heteroatoms. The van der Waals surface area contributed by atoms with Gasteiger partial charge in [0.25, 0.3) is 17.4 Å². The molecule has 3 rings (SSSR count). The van der Waals surface area contributed by atoms with E-state index in [4.69, 9.17) is 5.73 Å². The second-order valence-electron chi connectivity index (χ2n) is 6.87. The topological polar surface area (TPSA) is 130 Å². The Bertz CT molecular complexity index is 1210. The van der Waals surface area contributed by atoms with Crippen LogP contribution < -0.4 is 27.2 Å². The highest BCUT2D eigenvalue weighted by molar-refractivity contribution is 7.12. The molecule has 0 spiro atoms. The molecule has 0 aliphatic carbocycles. The van der Waals surface area contributed by atoms with Crippen molar-refractivity contribution in [3.05, 3.63) is 73.1 Å². The number of H-pyrrole nitrogens is 1. The number of nitrogens with one attached hydrogen (secondary N) is 2. The number of benzene rings is 1. The number of carbonyl (C=O) groups is 2. The summed E-state index contributed by atoms with van der Waals surface area (Å²) in [5, 5.41) is 4.54. The van der Waals surface area contributed by atoms with Crippen LogP contribution in [0.2, 0.25) is 0 Å². The maximum atomic E-state index is 13.0. The Kier molecular flexibility index (Phi) is 6.71. The lowest BCUT2D eigenvalue weighted by Gasteiger charge is -2.20. The predicted molar refractivity (Wildman–Crippen MR) is 122 cm³/mol. The number of aromatic amines is 1. The Morgan fingerprint density at radius 1 is 1.23 bits per heavy atom. The number of thiophene rings is 1. The van der Waals surface area contributed by atoms with Crippen molar-refractivity contribution in [3.63, 3.8) is 0 Å². The van der Waals surface area contributed by atoms with Gasteiger partial charge >= 0.3 is 5.69 Å². The number of hydrogen-bond acceptors (Lipinski definition) is 6. The molecule has 2 aromatic heterocycles. The van der Waals surface area contributed by atoms with Crippen LogP contribution in [0.15, 0.2) is 51.4 Å². The smallest absolute Gasteiger partial charge is 0.330 e. The number of unbranched alkanes of at least 4 members (excludes halogenated alkanes) is 1. The van der Waals surface area contributed by atoms with Crippen molar-refractivity contribution in [2.45, 2.75) is 26.3 Å². The molecule has 0 aliphatic rings. The molecular weight excluding hydrogens is 418 g/mol. The van der Waals surface area contributed by atoms with Crippen LogP contribution in [0.3, 0.4) is 0 Å². The molecule has 0 bridgehead atoms. The summed E-state index contributed by atoms with van der Waals surface area (Å²) >= 11 is 1.31. The van der Waals surface area contributed by atoms with Gasteiger partial charge in [0.2, 0.25) is 0 Å². The quantitative estimate of drug-likeness (QED) is 0.519. The van der Waals surface area contributed by atoms with E-state index in [2.05, 4.69) is 10.3 Å². The van der Waals surface area contributed by atoms with Gasteiger partial charge in [-0.1, -0.05) is 25.5 Å². The first-order valence-corrected chi connectivity index (χ1v) is 10.6. The van der Waals surface area contributed by atoms with Crippen molar-refractivity contribution in [2.24, 2.45) is 0 Å². The van der Waals surface area contributed by atoms with Gasteiger partial charge < -0.3 is 16.0 Å². The van der Waals surface area contributed by atoms with Gasteiger partial charge in [0.05, 0.1) is 4.88 Å². The van der Waals surface area contributed by atoms with Gasteiger partial charge in [-0.2, -0.15) is 0 Å². The molecule has 0 saturated heterocycles. The zero-order valence-corrected chi connectivity index (χ0v) is 18.0. The fraction of sp³-hybridized carbons (Fsp3) is 0.238. The first kappa shape index (κ1) is 22.0. The van der Waals surface area contributed by atoms with Crippen molar-refractivity contribution in [3.8, 4) is 0 Å². The molecular formula is C21H23N5O4S. The van der Waals surface area contributed by atoms with Crippen molar-refractivity contribution in [1.82, 2.24) is 9.55 Å². The number of nitrogens with zero attached hydrogens (tertiary/aromatic N) is 2. The molecule has 0 fully saturated rings. The Morgan fingerprint density at radius 3 is 2.68 bits per heavy atom. The van der Waals surface area contributed by atoms with Crippen LogP contribution in [0.25, 0.3) is 0 Å². The Labute approximate surface area is 182 Å². The van der Waals surface area contributed by atoms with E-state index in [0.717, 1.165) is 11.3 Å². The molecule has 0 aliphatic heterocycles. The lowest BCUT2D eigenvalue weighted by Crippen LogP contribution is -2.39. The monoisotopic (exact) mass is 441 g/mol. The number of amides is 2. The molecule has 0 radical (unpaired) electrons. The third-order valence-electron chi connectivity index (χ3n) is 4.70. The normalized spacial score (nSPS) is 10.6. The number of anilines is 3. The van der Waals surface area contributed by atoms with E-state index in [9.17, 15) is 19.2 Å². The van der Waals surface area contributed by atoms with E-state index < -0.39 is 17.2 Å². The van der Waals surface area contributed by atoms with Gasteiger partial charge in [0, 0.05) is 24.8 Å². The highest BCUT2D eigenvalue weighted by atomic mass is 32.1. The van der Waals surface area contributed by atoms with Crippen LogP contribution in [0.5, 0.6) is 0 Å². The summed E-state index contributed by atoms with van der Waals surface area (Å²) in [5.41, 5.74) is 5.31. The standard InChI is InChI=1S/C21H23N5O4S/c1-3-4-10-26-17(22)16(19(28)24-21(26)30)25(2)20(29)13-7-5-8-14(12-13)23-18(27)15-9-6-11-31-15/h5-9,11-12H,3-4,10,22H2,1-2H3,(H,23,27)(H,24,28,30). The van der Waals surface area contributed by atoms with Gasteiger partial charge in [-0.3, -0.25) is 23.9 Å². The van der Waals surface area contributed by atoms with Gasteiger partial charge in [0.1, 0.15) is 5.82 Å². The molecule has 3 aromatic rings. The van der Waals surface area contributed by atoms with Gasteiger partial charge in [-0.15, -0.1) is 11.3 Å². The van der Waals surface area contributed by atoms with Crippen molar-refractivity contribution >= 4 is 40.3 Å². The molecule has 2 heterocycles. The van der Waals surface area contributed by atoms with Gasteiger partial charge in [-0.25, -0.2) is 4.79 Å². The average Bonchev–Trinajstić information content (AvgIpc) is 3.28. The third kappa shape index (κ3) is 4.75. The molecule has 4 N–H and O–H groups in total. The second kappa shape index (κ2) is 9.43. The van der Waals surface area contributed by atoms with Crippen LogP contribution in [-0.4, -0.2) is 28.4 Å². The summed E-state index contributed by atoms with van der Waals surface area (Å²) in [6, 6.07) is 9.84. The molecule has 9 nitrogen and oxygen atoms in total. The fourth-order valence-electron chi connectivity index (χ4n) is 3.07. The summed E-state index contributed by atoms with van der Waals surface area (Å²) in [5.74, 6) is -0.859. The Balaban J connectivity index is 1.89. The first-order chi connectivity index (χ1) is 14.8. The number of hydrogen-bond donors (Lipinski definition) is 3. The molecule has 0 saturated carbocycles. The minimum absolute atomic E-state index is 0.0693. The zero-order chi connectivity index (χ0) is 22.5. The van der Waals surface area contributed by atoms with Crippen LogP contribution in [0.1, 0.15) is 39.8 Å². The van der Waals surface area contributed by atoms with Crippen LogP contribution in [0, 0.1) is 0 Å². The summed E-state index contributed by atoms with van der Waals surface area (Å²) in [6.45, 7) is 2.30. The van der Waals surface area contributed by atoms with Crippen molar-refractivity contribution in [1.29, 1.82) is 0 Å². The largest absolute Gasteiger partial charge is 0.383 e. The molecule has 0 atom stereocenters. The van der Waals surface area contributed by atoms with E-state index in [1.165, 1.54) is 29.0 Å². The van der Waals surface area contributed by atoms with Crippen LogP contribution >= 0.6 is 11.3 Å². The minimum atomic E-state index is -0.742. The lowest BCUT2D eigenvalue weighted by molar-refractivity contribution is 0.0990. The Morgan fingerprint density at radius 2 is 2.00 bits per heavy atom. The second-order valence-corrected chi connectivity index (χ2v) is 7.82. The van der Waals surface area contributed by atoms with Crippen LogP contribution in [0.4, 0.5) is 17.2 Å². The summed E-state index contributed by atoms with van der Waals surface area (Å²) < 4.78 is 1.25. The Hall–Kier alpha value is -3.66.